The van der Waals surface area contributed by atoms with Crippen LogP contribution in [0.15, 0.2) is 22.7 Å². The van der Waals surface area contributed by atoms with Gasteiger partial charge in [-0.2, -0.15) is 5.26 Å². The summed E-state index contributed by atoms with van der Waals surface area (Å²) in [5.74, 6) is -0.238. The number of rotatable bonds is 2. The number of amides is 1. The second-order valence-electron chi connectivity index (χ2n) is 2.82. The van der Waals surface area contributed by atoms with Gasteiger partial charge in [-0.05, 0) is 40.5 Å². The Hall–Kier alpha value is -1.34. The summed E-state index contributed by atoms with van der Waals surface area (Å²) in [6.45, 7) is 1.97. The summed E-state index contributed by atoms with van der Waals surface area (Å²) < 4.78 is 0.743. The lowest BCUT2D eigenvalue weighted by Gasteiger charge is -2.04. The Kier molecular flexibility index (Phi) is 3.66. The maximum atomic E-state index is 11.4. The van der Waals surface area contributed by atoms with E-state index in [1.165, 1.54) is 0 Å². The largest absolute Gasteiger partial charge is 0.339 e. The molecular weight excluding hydrogens is 244 g/mol. The number of nitriles is 1. The lowest BCUT2D eigenvalue weighted by Crippen LogP contribution is -2.23. The molecular formula is C10H9BrN2O. The number of carbonyl (C=O) groups excluding carboxylic acids is 1. The van der Waals surface area contributed by atoms with Crippen molar-refractivity contribution < 1.29 is 4.79 Å². The number of nitrogens with one attached hydrogen (secondary N) is 1. The average molecular weight is 253 g/mol. The first-order valence-corrected chi connectivity index (χ1v) is 4.85. The zero-order valence-corrected chi connectivity index (χ0v) is 9.26. The highest BCUT2D eigenvalue weighted by Gasteiger charge is 2.08. The van der Waals surface area contributed by atoms with E-state index in [4.69, 9.17) is 5.26 Å². The summed E-state index contributed by atoms with van der Waals surface area (Å²) in [5, 5.41) is 10.8. The van der Waals surface area contributed by atoms with Gasteiger partial charge in [0.1, 0.15) is 6.54 Å². The van der Waals surface area contributed by atoms with Crippen molar-refractivity contribution in [2.24, 2.45) is 0 Å². The molecule has 0 bridgehead atoms. The van der Waals surface area contributed by atoms with Crippen LogP contribution < -0.4 is 5.32 Å². The summed E-state index contributed by atoms with van der Waals surface area (Å²) >= 11 is 3.30. The van der Waals surface area contributed by atoms with Crippen molar-refractivity contribution in [3.05, 3.63) is 33.8 Å². The van der Waals surface area contributed by atoms with Gasteiger partial charge in [-0.3, -0.25) is 4.79 Å². The number of benzene rings is 1. The predicted octanol–water partition coefficient (Wildman–Crippen LogP) is 2.01. The van der Waals surface area contributed by atoms with E-state index in [2.05, 4.69) is 21.2 Å². The van der Waals surface area contributed by atoms with Crippen LogP contribution in [0.25, 0.3) is 0 Å². The molecule has 3 nitrogen and oxygen atoms in total. The van der Waals surface area contributed by atoms with E-state index in [0.717, 1.165) is 10.0 Å². The first-order valence-electron chi connectivity index (χ1n) is 4.06. The highest BCUT2D eigenvalue weighted by atomic mass is 79.9. The van der Waals surface area contributed by atoms with Gasteiger partial charge in [0.25, 0.3) is 5.91 Å². The fourth-order valence-electron chi connectivity index (χ4n) is 1.02. The zero-order chi connectivity index (χ0) is 10.6. The molecule has 1 rings (SSSR count). The van der Waals surface area contributed by atoms with Gasteiger partial charge >= 0.3 is 0 Å². The first kappa shape index (κ1) is 10.7. The standard InChI is InChI=1S/C10H9BrN2O/c1-7-2-3-8(9(11)6-7)10(14)13-5-4-12/h2-3,6H,5H2,1H3,(H,13,14). The van der Waals surface area contributed by atoms with E-state index in [1.807, 2.05) is 25.1 Å². The van der Waals surface area contributed by atoms with Crippen LogP contribution in [0.1, 0.15) is 15.9 Å². The van der Waals surface area contributed by atoms with Crippen LogP contribution in [0, 0.1) is 18.3 Å². The highest BCUT2D eigenvalue weighted by molar-refractivity contribution is 9.10. The molecule has 1 N–H and O–H groups in total. The summed E-state index contributed by atoms with van der Waals surface area (Å²) in [7, 11) is 0. The van der Waals surface area contributed by atoms with Gasteiger partial charge in [0.05, 0.1) is 11.6 Å². The summed E-state index contributed by atoms with van der Waals surface area (Å²) in [6.07, 6.45) is 0. The van der Waals surface area contributed by atoms with Crippen LogP contribution in [0.2, 0.25) is 0 Å². The molecule has 0 saturated carbocycles. The Labute approximate surface area is 90.9 Å². The summed E-state index contributed by atoms with van der Waals surface area (Å²) in [6, 6.07) is 7.30. The molecule has 0 spiro atoms. The average Bonchev–Trinajstić information content (AvgIpc) is 2.14. The Morgan fingerprint density at radius 2 is 2.36 bits per heavy atom. The SMILES string of the molecule is Cc1ccc(C(=O)NCC#N)c(Br)c1. The van der Waals surface area contributed by atoms with Crippen molar-refractivity contribution >= 4 is 21.8 Å². The first-order chi connectivity index (χ1) is 6.65. The predicted molar refractivity (Wildman–Crippen MR) is 56.8 cm³/mol. The van der Waals surface area contributed by atoms with E-state index < -0.39 is 0 Å². The molecule has 1 amide bonds. The number of aryl methyl sites for hydroxylation is 1. The van der Waals surface area contributed by atoms with Crippen molar-refractivity contribution in [1.82, 2.24) is 5.32 Å². The van der Waals surface area contributed by atoms with Crippen LogP contribution in [0.5, 0.6) is 0 Å². The van der Waals surface area contributed by atoms with Crippen LogP contribution in [-0.2, 0) is 0 Å². The molecule has 0 aliphatic heterocycles. The summed E-state index contributed by atoms with van der Waals surface area (Å²) in [4.78, 5) is 11.4. The fourth-order valence-corrected chi connectivity index (χ4v) is 1.69. The van der Waals surface area contributed by atoms with Crippen molar-refractivity contribution in [3.63, 3.8) is 0 Å². The van der Waals surface area contributed by atoms with Gasteiger partial charge in [0, 0.05) is 4.47 Å². The molecule has 4 heteroatoms. The number of carbonyl (C=O) groups is 1. The summed E-state index contributed by atoms with van der Waals surface area (Å²) in [5.41, 5.74) is 1.62. The number of nitrogens with zero attached hydrogens (tertiary/aromatic N) is 1. The molecule has 14 heavy (non-hydrogen) atoms. The fraction of sp³-hybridized carbons (Fsp3) is 0.200. The van der Waals surface area contributed by atoms with Gasteiger partial charge in [-0.15, -0.1) is 0 Å². The van der Waals surface area contributed by atoms with Crippen molar-refractivity contribution in [2.75, 3.05) is 6.54 Å². The lowest BCUT2D eigenvalue weighted by atomic mass is 10.1. The molecule has 1 aromatic carbocycles. The van der Waals surface area contributed by atoms with E-state index in [1.54, 1.807) is 6.07 Å². The zero-order valence-electron chi connectivity index (χ0n) is 7.67. The minimum absolute atomic E-state index is 0.0269. The van der Waals surface area contributed by atoms with Gasteiger partial charge in [0.2, 0.25) is 0 Å². The van der Waals surface area contributed by atoms with E-state index in [-0.39, 0.29) is 12.5 Å². The van der Waals surface area contributed by atoms with Crippen LogP contribution in [-0.4, -0.2) is 12.5 Å². The third-order valence-electron chi connectivity index (χ3n) is 1.70. The number of hydrogen-bond acceptors (Lipinski definition) is 2. The molecule has 0 unspecified atom stereocenters. The van der Waals surface area contributed by atoms with E-state index in [9.17, 15) is 4.79 Å². The van der Waals surface area contributed by atoms with Crippen LogP contribution in [0.3, 0.4) is 0 Å². The third-order valence-corrected chi connectivity index (χ3v) is 2.35. The topological polar surface area (TPSA) is 52.9 Å². The van der Waals surface area contributed by atoms with Crippen molar-refractivity contribution in [1.29, 1.82) is 5.26 Å². The molecule has 1 aromatic rings. The van der Waals surface area contributed by atoms with Gasteiger partial charge in [-0.25, -0.2) is 0 Å². The number of hydrogen-bond donors (Lipinski definition) is 1. The minimum Gasteiger partial charge on any atom is -0.339 e. The monoisotopic (exact) mass is 252 g/mol. The molecule has 0 fully saturated rings. The Bertz CT molecular complexity index is 396. The molecule has 0 aliphatic carbocycles. The quantitative estimate of drug-likeness (QED) is 0.819. The molecule has 0 saturated heterocycles. The van der Waals surface area contributed by atoms with E-state index in [0.29, 0.717) is 5.56 Å². The second-order valence-corrected chi connectivity index (χ2v) is 3.68. The van der Waals surface area contributed by atoms with Crippen molar-refractivity contribution in [2.45, 2.75) is 6.92 Å². The van der Waals surface area contributed by atoms with Gasteiger partial charge in [-0.1, -0.05) is 6.07 Å². The van der Waals surface area contributed by atoms with Gasteiger partial charge in [0.15, 0.2) is 0 Å². The Balaban J connectivity index is 2.86. The second kappa shape index (κ2) is 4.77. The van der Waals surface area contributed by atoms with Gasteiger partial charge < -0.3 is 5.32 Å². The molecule has 0 heterocycles. The molecule has 0 aliphatic rings. The van der Waals surface area contributed by atoms with E-state index >= 15 is 0 Å². The van der Waals surface area contributed by atoms with Crippen LogP contribution in [0.4, 0.5) is 0 Å². The number of halogens is 1. The Morgan fingerprint density at radius 3 is 2.93 bits per heavy atom. The van der Waals surface area contributed by atoms with Crippen molar-refractivity contribution in [3.8, 4) is 6.07 Å². The highest BCUT2D eigenvalue weighted by Crippen LogP contribution is 2.17. The smallest absolute Gasteiger partial charge is 0.253 e. The minimum atomic E-state index is -0.238. The maximum Gasteiger partial charge on any atom is 0.253 e. The molecule has 0 aromatic heterocycles. The molecule has 0 atom stereocenters. The normalized spacial score (nSPS) is 9.21. The maximum absolute atomic E-state index is 11.4. The molecule has 0 radical (unpaired) electrons. The molecule has 72 valence electrons. The Morgan fingerprint density at radius 1 is 1.64 bits per heavy atom. The van der Waals surface area contributed by atoms with Crippen LogP contribution >= 0.6 is 15.9 Å². The third kappa shape index (κ3) is 2.57. The lowest BCUT2D eigenvalue weighted by molar-refractivity contribution is 0.0958.